The van der Waals surface area contributed by atoms with Crippen LogP contribution in [0.15, 0.2) is 28.7 Å². The summed E-state index contributed by atoms with van der Waals surface area (Å²) in [5.41, 5.74) is 5.64. The minimum atomic E-state index is -0.467. The SMILES string of the molecule is CC(Oc1cccc(Br)c1)C(=O)N1CCC(CN)C1. The largest absolute Gasteiger partial charge is 0.481 e. The average Bonchev–Trinajstić information content (AvgIpc) is 2.86. The fraction of sp³-hybridized carbons (Fsp3) is 0.500. The molecular formula is C14H19BrN2O2. The van der Waals surface area contributed by atoms with E-state index >= 15 is 0 Å². The molecule has 1 aliphatic heterocycles. The van der Waals surface area contributed by atoms with E-state index in [1.54, 1.807) is 6.92 Å². The highest BCUT2D eigenvalue weighted by molar-refractivity contribution is 9.10. The van der Waals surface area contributed by atoms with E-state index in [1.807, 2.05) is 29.2 Å². The Balaban J connectivity index is 1.93. The maximum atomic E-state index is 12.2. The summed E-state index contributed by atoms with van der Waals surface area (Å²) in [6, 6.07) is 7.51. The van der Waals surface area contributed by atoms with Crippen molar-refractivity contribution in [1.29, 1.82) is 0 Å². The lowest BCUT2D eigenvalue weighted by Gasteiger charge is -2.21. The molecule has 2 N–H and O–H groups in total. The number of carbonyl (C=O) groups is 1. The Morgan fingerprint density at radius 3 is 3.05 bits per heavy atom. The van der Waals surface area contributed by atoms with Crippen molar-refractivity contribution in [1.82, 2.24) is 4.90 Å². The second kappa shape index (κ2) is 6.39. The summed E-state index contributed by atoms with van der Waals surface area (Å²) >= 11 is 3.38. The highest BCUT2D eigenvalue weighted by Gasteiger charge is 2.29. The van der Waals surface area contributed by atoms with Crippen LogP contribution in [0.1, 0.15) is 13.3 Å². The number of benzene rings is 1. The van der Waals surface area contributed by atoms with E-state index in [2.05, 4.69) is 15.9 Å². The summed E-state index contributed by atoms with van der Waals surface area (Å²) in [7, 11) is 0. The number of hydrogen-bond donors (Lipinski definition) is 1. The zero-order chi connectivity index (χ0) is 13.8. The van der Waals surface area contributed by atoms with Crippen LogP contribution in [0.4, 0.5) is 0 Å². The Morgan fingerprint density at radius 2 is 2.42 bits per heavy atom. The Bertz CT molecular complexity index is 453. The number of hydrogen-bond acceptors (Lipinski definition) is 3. The first-order valence-electron chi connectivity index (χ1n) is 6.51. The molecule has 1 aliphatic rings. The molecule has 104 valence electrons. The molecule has 0 aliphatic carbocycles. The molecule has 5 heteroatoms. The molecule has 4 nitrogen and oxygen atoms in total. The smallest absolute Gasteiger partial charge is 0.263 e. The standard InChI is InChI=1S/C14H19BrN2O2/c1-10(19-13-4-2-3-12(15)7-13)14(18)17-6-5-11(8-16)9-17/h2-4,7,10-11H,5-6,8-9,16H2,1H3. The van der Waals surface area contributed by atoms with Gasteiger partial charge in [-0.2, -0.15) is 0 Å². The van der Waals surface area contributed by atoms with Gasteiger partial charge in [0.25, 0.3) is 5.91 Å². The number of halogens is 1. The lowest BCUT2D eigenvalue weighted by molar-refractivity contribution is -0.136. The van der Waals surface area contributed by atoms with Gasteiger partial charge in [0.15, 0.2) is 6.10 Å². The van der Waals surface area contributed by atoms with Crippen molar-refractivity contribution < 1.29 is 9.53 Å². The van der Waals surface area contributed by atoms with Crippen LogP contribution in [0.3, 0.4) is 0 Å². The number of likely N-dealkylation sites (tertiary alicyclic amines) is 1. The maximum Gasteiger partial charge on any atom is 0.263 e. The van der Waals surface area contributed by atoms with Gasteiger partial charge in [0.1, 0.15) is 5.75 Å². The Kier molecular flexibility index (Phi) is 4.82. The second-order valence-corrected chi connectivity index (χ2v) is 5.81. The van der Waals surface area contributed by atoms with Crippen LogP contribution < -0.4 is 10.5 Å². The number of nitrogens with two attached hydrogens (primary N) is 1. The van der Waals surface area contributed by atoms with E-state index < -0.39 is 6.10 Å². The number of carbonyl (C=O) groups excluding carboxylic acids is 1. The number of ether oxygens (including phenoxy) is 1. The Hall–Kier alpha value is -1.07. The molecule has 1 saturated heterocycles. The van der Waals surface area contributed by atoms with E-state index in [0.717, 1.165) is 24.0 Å². The molecule has 2 rings (SSSR count). The third-order valence-electron chi connectivity index (χ3n) is 3.39. The first-order valence-corrected chi connectivity index (χ1v) is 7.30. The van der Waals surface area contributed by atoms with E-state index in [1.165, 1.54) is 0 Å². The Labute approximate surface area is 122 Å². The highest BCUT2D eigenvalue weighted by atomic mass is 79.9. The van der Waals surface area contributed by atoms with Gasteiger partial charge in [0.2, 0.25) is 0 Å². The molecular weight excluding hydrogens is 308 g/mol. The zero-order valence-corrected chi connectivity index (χ0v) is 12.6. The van der Waals surface area contributed by atoms with Gasteiger partial charge in [-0.3, -0.25) is 4.79 Å². The molecule has 2 atom stereocenters. The zero-order valence-electron chi connectivity index (χ0n) is 11.0. The molecule has 1 aromatic carbocycles. The summed E-state index contributed by atoms with van der Waals surface area (Å²) in [6.45, 7) is 3.97. The summed E-state index contributed by atoms with van der Waals surface area (Å²) in [6.07, 6.45) is 0.525. The number of nitrogens with zero attached hydrogens (tertiary/aromatic N) is 1. The minimum absolute atomic E-state index is 0.0379. The fourth-order valence-corrected chi connectivity index (χ4v) is 2.66. The van der Waals surface area contributed by atoms with Crippen molar-refractivity contribution in [2.24, 2.45) is 11.7 Å². The maximum absolute atomic E-state index is 12.2. The van der Waals surface area contributed by atoms with Crippen LogP contribution in [0.25, 0.3) is 0 Å². The summed E-state index contributed by atoms with van der Waals surface area (Å²) < 4.78 is 6.62. The quantitative estimate of drug-likeness (QED) is 0.921. The molecule has 1 amide bonds. The lowest BCUT2D eigenvalue weighted by atomic mass is 10.1. The molecule has 2 unspecified atom stereocenters. The van der Waals surface area contributed by atoms with Gasteiger partial charge in [-0.1, -0.05) is 22.0 Å². The van der Waals surface area contributed by atoms with Crippen LogP contribution in [0.5, 0.6) is 5.75 Å². The average molecular weight is 327 g/mol. The predicted octanol–water partition coefficient (Wildman–Crippen LogP) is 2.02. The van der Waals surface area contributed by atoms with Crippen LogP contribution in [0.2, 0.25) is 0 Å². The van der Waals surface area contributed by atoms with Gasteiger partial charge in [0, 0.05) is 17.6 Å². The van der Waals surface area contributed by atoms with Gasteiger partial charge in [-0.15, -0.1) is 0 Å². The van der Waals surface area contributed by atoms with Gasteiger partial charge in [-0.25, -0.2) is 0 Å². The molecule has 1 aromatic rings. The predicted molar refractivity (Wildman–Crippen MR) is 78.0 cm³/mol. The normalized spacial score (nSPS) is 20.4. The van der Waals surface area contributed by atoms with Crippen LogP contribution in [0, 0.1) is 5.92 Å². The second-order valence-electron chi connectivity index (χ2n) is 4.89. The van der Waals surface area contributed by atoms with Gasteiger partial charge >= 0.3 is 0 Å². The van der Waals surface area contributed by atoms with E-state index in [-0.39, 0.29) is 5.91 Å². The lowest BCUT2D eigenvalue weighted by Crippen LogP contribution is -2.39. The van der Waals surface area contributed by atoms with Gasteiger partial charge in [-0.05, 0) is 44.0 Å². The third-order valence-corrected chi connectivity index (χ3v) is 3.88. The number of amides is 1. The van der Waals surface area contributed by atoms with Gasteiger partial charge < -0.3 is 15.4 Å². The highest BCUT2D eigenvalue weighted by Crippen LogP contribution is 2.21. The topological polar surface area (TPSA) is 55.6 Å². The van der Waals surface area contributed by atoms with Crippen LogP contribution in [-0.4, -0.2) is 36.5 Å². The van der Waals surface area contributed by atoms with E-state index in [0.29, 0.717) is 18.2 Å². The van der Waals surface area contributed by atoms with Crippen molar-refractivity contribution >= 4 is 21.8 Å². The molecule has 19 heavy (non-hydrogen) atoms. The minimum Gasteiger partial charge on any atom is -0.481 e. The van der Waals surface area contributed by atoms with Crippen molar-refractivity contribution in [3.05, 3.63) is 28.7 Å². The molecule has 0 spiro atoms. The molecule has 0 saturated carbocycles. The Morgan fingerprint density at radius 1 is 1.63 bits per heavy atom. The summed E-state index contributed by atoms with van der Waals surface area (Å²) in [5.74, 6) is 1.17. The molecule has 0 bridgehead atoms. The van der Waals surface area contributed by atoms with Crippen molar-refractivity contribution in [2.75, 3.05) is 19.6 Å². The van der Waals surface area contributed by atoms with Crippen LogP contribution in [-0.2, 0) is 4.79 Å². The van der Waals surface area contributed by atoms with E-state index in [4.69, 9.17) is 10.5 Å². The molecule has 1 heterocycles. The molecule has 0 aromatic heterocycles. The third kappa shape index (κ3) is 3.70. The molecule has 0 radical (unpaired) electrons. The number of rotatable bonds is 4. The summed E-state index contributed by atoms with van der Waals surface area (Å²) in [5, 5.41) is 0. The molecule has 1 fully saturated rings. The van der Waals surface area contributed by atoms with Crippen molar-refractivity contribution in [2.45, 2.75) is 19.4 Å². The van der Waals surface area contributed by atoms with Crippen LogP contribution >= 0.6 is 15.9 Å². The van der Waals surface area contributed by atoms with E-state index in [9.17, 15) is 4.79 Å². The first kappa shape index (κ1) is 14.3. The van der Waals surface area contributed by atoms with Gasteiger partial charge in [0.05, 0.1) is 0 Å². The van der Waals surface area contributed by atoms with Crippen molar-refractivity contribution in [3.8, 4) is 5.75 Å². The summed E-state index contributed by atoms with van der Waals surface area (Å²) in [4.78, 5) is 14.1. The first-order chi connectivity index (χ1) is 9.10. The fourth-order valence-electron chi connectivity index (χ4n) is 2.28. The monoisotopic (exact) mass is 326 g/mol. The van der Waals surface area contributed by atoms with Crippen molar-refractivity contribution in [3.63, 3.8) is 0 Å².